The van der Waals surface area contributed by atoms with E-state index in [4.69, 9.17) is 10.5 Å². The molecule has 0 heterocycles. The molecule has 2 aliphatic carbocycles. The van der Waals surface area contributed by atoms with Gasteiger partial charge in [-0.15, -0.1) is 0 Å². The number of unbranched alkanes of at least 4 members (excludes halogenated alkanes) is 1. The van der Waals surface area contributed by atoms with Crippen molar-refractivity contribution in [2.24, 2.45) is 28.9 Å². The fraction of sp³-hybridized carbons (Fsp3) is 0.759. The van der Waals surface area contributed by atoms with Gasteiger partial charge < -0.3 is 20.9 Å². The van der Waals surface area contributed by atoms with Gasteiger partial charge in [-0.1, -0.05) is 68.9 Å². The zero-order valence-corrected chi connectivity index (χ0v) is 21.6. The molecule has 0 spiro atoms. The molecule has 4 atom stereocenters. The lowest BCUT2D eigenvalue weighted by Crippen LogP contribution is -2.52. The number of amides is 1. The molecule has 0 bridgehead atoms. The van der Waals surface area contributed by atoms with Crippen LogP contribution in [0.15, 0.2) is 30.3 Å². The van der Waals surface area contributed by atoms with Crippen molar-refractivity contribution in [1.82, 2.24) is 5.32 Å². The molecule has 2 aliphatic rings. The number of aliphatic hydroxyl groups is 1. The predicted octanol–water partition coefficient (Wildman–Crippen LogP) is 5.16. The molecule has 1 aromatic carbocycles. The molecule has 3 rings (SSSR count). The number of primary amides is 1. The van der Waals surface area contributed by atoms with Crippen LogP contribution in [0.4, 0.5) is 0 Å². The maximum absolute atomic E-state index is 13.2. The van der Waals surface area contributed by atoms with Gasteiger partial charge in [0.05, 0.1) is 11.0 Å². The first-order chi connectivity index (χ1) is 16.5. The Kier molecular flexibility index (Phi) is 10.4. The molecule has 1 amide bonds. The molecular formula is C29H48N2O3. The third-order valence-electron chi connectivity index (χ3n) is 8.96. The Labute approximate surface area is 207 Å². The Balaban J connectivity index is 1.88. The van der Waals surface area contributed by atoms with Crippen molar-refractivity contribution in [3.8, 4) is 0 Å². The number of methoxy groups -OCH3 is 1. The minimum atomic E-state index is -0.953. The molecule has 192 valence electrons. The second-order valence-corrected chi connectivity index (χ2v) is 11.0. The van der Waals surface area contributed by atoms with Gasteiger partial charge in [0.2, 0.25) is 5.91 Å². The van der Waals surface area contributed by atoms with E-state index in [1.807, 2.05) is 37.4 Å². The van der Waals surface area contributed by atoms with Crippen molar-refractivity contribution >= 4 is 5.91 Å². The van der Waals surface area contributed by atoms with Crippen LogP contribution in [0.5, 0.6) is 0 Å². The molecule has 2 saturated carbocycles. The van der Waals surface area contributed by atoms with Crippen molar-refractivity contribution in [3.05, 3.63) is 35.9 Å². The summed E-state index contributed by atoms with van der Waals surface area (Å²) in [6, 6.07) is 10.1. The highest BCUT2D eigenvalue weighted by Crippen LogP contribution is 2.53. The van der Waals surface area contributed by atoms with E-state index in [1.165, 1.54) is 32.1 Å². The normalized spacial score (nSPS) is 26.6. The number of nitrogens with two attached hydrogens (primary N) is 1. The number of hydrogen-bond acceptors (Lipinski definition) is 4. The van der Waals surface area contributed by atoms with Crippen molar-refractivity contribution in [3.63, 3.8) is 0 Å². The summed E-state index contributed by atoms with van der Waals surface area (Å²) >= 11 is 0. The Morgan fingerprint density at radius 2 is 1.91 bits per heavy atom. The van der Waals surface area contributed by atoms with Crippen molar-refractivity contribution in [1.29, 1.82) is 0 Å². The van der Waals surface area contributed by atoms with Gasteiger partial charge in [-0.2, -0.15) is 0 Å². The molecular weight excluding hydrogens is 424 g/mol. The lowest BCUT2D eigenvalue weighted by molar-refractivity contribution is -0.141. The maximum atomic E-state index is 13.2. The highest BCUT2D eigenvalue weighted by atomic mass is 16.5. The highest BCUT2D eigenvalue weighted by Gasteiger charge is 2.52. The zero-order valence-electron chi connectivity index (χ0n) is 21.6. The van der Waals surface area contributed by atoms with Crippen LogP contribution in [0, 0.1) is 23.2 Å². The second kappa shape index (κ2) is 13.0. The van der Waals surface area contributed by atoms with Crippen LogP contribution in [0.2, 0.25) is 0 Å². The summed E-state index contributed by atoms with van der Waals surface area (Å²) in [5, 5.41) is 15.6. The van der Waals surface area contributed by atoms with Gasteiger partial charge >= 0.3 is 0 Å². The number of benzene rings is 1. The number of carbonyl (C=O) groups is 1. The number of nitrogens with one attached hydrogen (secondary N) is 1. The summed E-state index contributed by atoms with van der Waals surface area (Å²) < 4.78 is 5.25. The highest BCUT2D eigenvalue weighted by molar-refractivity contribution is 5.81. The van der Waals surface area contributed by atoms with E-state index in [0.717, 1.165) is 50.6 Å². The predicted molar refractivity (Wildman–Crippen MR) is 138 cm³/mol. The summed E-state index contributed by atoms with van der Waals surface area (Å²) in [4.78, 5) is 13.2. The van der Waals surface area contributed by atoms with Crippen LogP contribution in [-0.4, -0.2) is 38.3 Å². The average molecular weight is 473 g/mol. The number of hydrogen-bond donors (Lipinski definition) is 3. The fourth-order valence-corrected chi connectivity index (χ4v) is 7.04. The van der Waals surface area contributed by atoms with E-state index in [2.05, 4.69) is 5.32 Å². The van der Waals surface area contributed by atoms with E-state index < -0.39 is 11.0 Å². The van der Waals surface area contributed by atoms with Gasteiger partial charge in [-0.3, -0.25) is 4.79 Å². The minimum Gasteiger partial charge on any atom is -0.385 e. The van der Waals surface area contributed by atoms with Gasteiger partial charge in [-0.05, 0) is 81.9 Å². The Hall–Kier alpha value is -1.43. The van der Waals surface area contributed by atoms with Crippen LogP contribution in [0.3, 0.4) is 0 Å². The zero-order chi connectivity index (χ0) is 24.4. The van der Waals surface area contributed by atoms with Crippen LogP contribution in [0.1, 0.15) is 89.0 Å². The van der Waals surface area contributed by atoms with E-state index >= 15 is 0 Å². The lowest BCUT2D eigenvalue weighted by atomic mass is 9.56. The molecule has 4 N–H and O–H groups in total. The minimum absolute atomic E-state index is 0.0180. The molecule has 5 nitrogen and oxygen atoms in total. The van der Waals surface area contributed by atoms with Crippen LogP contribution < -0.4 is 11.1 Å². The summed E-state index contributed by atoms with van der Waals surface area (Å²) in [7, 11) is 3.71. The molecule has 0 aliphatic heterocycles. The van der Waals surface area contributed by atoms with Gasteiger partial charge in [-0.25, -0.2) is 0 Å². The molecule has 1 aromatic rings. The fourth-order valence-electron chi connectivity index (χ4n) is 7.04. The summed E-state index contributed by atoms with van der Waals surface area (Å²) in [6.45, 7) is 1.51. The van der Waals surface area contributed by atoms with E-state index in [-0.39, 0.29) is 17.7 Å². The smallest absolute Gasteiger partial charge is 0.223 e. The Morgan fingerprint density at radius 1 is 1.18 bits per heavy atom. The Bertz CT molecular complexity index is 736. The van der Waals surface area contributed by atoms with Crippen LogP contribution in [0.25, 0.3) is 0 Å². The first-order valence-electron chi connectivity index (χ1n) is 13.7. The lowest BCUT2D eigenvalue weighted by Gasteiger charge is -2.49. The average Bonchev–Trinajstić information content (AvgIpc) is 2.87. The topological polar surface area (TPSA) is 84.6 Å². The molecule has 2 fully saturated rings. The molecule has 34 heavy (non-hydrogen) atoms. The van der Waals surface area contributed by atoms with Gasteiger partial charge in [0.1, 0.15) is 0 Å². The first-order valence-corrected chi connectivity index (χ1v) is 13.7. The number of rotatable bonds is 13. The molecule has 0 aromatic heterocycles. The molecule has 0 saturated heterocycles. The van der Waals surface area contributed by atoms with Crippen molar-refractivity contribution < 1.29 is 14.6 Å². The molecule has 3 unspecified atom stereocenters. The van der Waals surface area contributed by atoms with E-state index in [1.54, 1.807) is 7.11 Å². The molecule has 0 radical (unpaired) electrons. The SMILES string of the molecule is CNC[C@@H](CC1CCCCC1)C1(C(N)=O)CCCC(C(O)(CCCCOC)c2ccccc2)C1. The van der Waals surface area contributed by atoms with Crippen molar-refractivity contribution in [2.45, 2.75) is 89.1 Å². The van der Waals surface area contributed by atoms with Crippen LogP contribution >= 0.6 is 0 Å². The number of carbonyl (C=O) groups excluding carboxylic acids is 1. The van der Waals surface area contributed by atoms with Crippen LogP contribution in [-0.2, 0) is 15.1 Å². The third-order valence-corrected chi connectivity index (χ3v) is 8.96. The monoisotopic (exact) mass is 472 g/mol. The summed E-state index contributed by atoms with van der Waals surface area (Å²) in [6.07, 6.45) is 13.4. The molecule has 5 heteroatoms. The largest absolute Gasteiger partial charge is 0.385 e. The second-order valence-electron chi connectivity index (χ2n) is 11.0. The van der Waals surface area contributed by atoms with Crippen molar-refractivity contribution in [2.75, 3.05) is 27.3 Å². The summed E-state index contributed by atoms with van der Waals surface area (Å²) in [5.41, 5.74) is 5.72. The van der Waals surface area contributed by atoms with Gasteiger partial charge in [0, 0.05) is 13.7 Å². The van der Waals surface area contributed by atoms with E-state index in [0.29, 0.717) is 25.4 Å². The Morgan fingerprint density at radius 3 is 2.56 bits per heavy atom. The quantitative estimate of drug-likeness (QED) is 0.346. The standard InChI is InChI=1S/C29H48N2O3/c1-31-22-26(20-23-12-5-3-6-13-23)28(27(30)32)17-11-16-25(21-28)29(33,18-9-10-19-34-2)24-14-7-4-8-15-24/h4,7-8,14-15,23,25-26,31,33H,3,5-6,9-13,16-22H2,1-2H3,(H2,30,32)/t25?,26-,28?,29?/m1/s1. The summed E-state index contributed by atoms with van der Waals surface area (Å²) in [5.74, 6) is 0.757. The maximum Gasteiger partial charge on any atom is 0.223 e. The van der Waals surface area contributed by atoms with E-state index in [9.17, 15) is 9.90 Å². The van der Waals surface area contributed by atoms with Gasteiger partial charge in [0.15, 0.2) is 0 Å². The third kappa shape index (κ3) is 6.41. The first kappa shape index (κ1) is 27.2. The number of ether oxygens (including phenoxy) is 1. The van der Waals surface area contributed by atoms with Gasteiger partial charge in [0.25, 0.3) is 0 Å².